The third kappa shape index (κ3) is 3.75. The van der Waals surface area contributed by atoms with Crippen LogP contribution in [-0.2, 0) is 39.3 Å². The van der Waals surface area contributed by atoms with Gasteiger partial charge in [0.1, 0.15) is 31.1 Å². The maximum absolute atomic E-state index is 12.5. The number of benzene rings is 1. The number of carbonyl (C=O) groups is 1. The molecule has 4 aliphatic heterocycles. The summed E-state index contributed by atoms with van der Waals surface area (Å²) in [6, 6.07) is 10.5. The van der Waals surface area contributed by atoms with Crippen LogP contribution in [-0.4, -0.2) is 59.0 Å². The summed E-state index contributed by atoms with van der Waals surface area (Å²) in [7, 11) is 0. The number of hydrogen-bond acceptors (Lipinski definition) is 5. The normalized spacial score (nSPS) is 31.9. The molecule has 0 radical (unpaired) electrons. The van der Waals surface area contributed by atoms with Crippen molar-refractivity contribution in [2.24, 2.45) is 0 Å². The second kappa shape index (κ2) is 9.12. The van der Waals surface area contributed by atoms with Crippen LogP contribution in [0.3, 0.4) is 0 Å². The van der Waals surface area contributed by atoms with Gasteiger partial charge in [0.05, 0.1) is 6.61 Å². The molecule has 4 aliphatic rings. The number of aliphatic carboxylic acids is 1. The van der Waals surface area contributed by atoms with Crippen molar-refractivity contribution < 1.29 is 23.9 Å². The molecule has 3 atom stereocenters. The average Bonchev–Trinajstić information content (AvgIpc) is 3.07. The van der Waals surface area contributed by atoms with Crippen molar-refractivity contribution in [3.8, 4) is 0 Å². The molecular weight excluding hydrogens is 454 g/mol. The highest BCUT2D eigenvalue weighted by Gasteiger charge is 2.70. The Balaban J connectivity index is 1.00. The zero-order valence-corrected chi connectivity index (χ0v) is 21.5. The number of nitrogens with zero attached hydrogens (tertiary/aromatic N) is 2. The maximum atomic E-state index is 12.5. The molecule has 1 spiro atoms. The Morgan fingerprint density at radius 2 is 2.08 bits per heavy atom. The molecule has 0 amide bonds. The fraction of sp³-hybridized carbons (Fsp3) is 0.586. The smallest absolute Gasteiger partial charge is 0.367 e. The molecule has 1 aromatic carbocycles. The second-order valence-electron chi connectivity index (χ2n) is 11.5. The first-order valence-electron chi connectivity index (χ1n) is 13.6. The first-order valence-corrected chi connectivity index (χ1v) is 13.6. The number of nitrogens with one attached hydrogen (secondary N) is 1. The summed E-state index contributed by atoms with van der Waals surface area (Å²) in [5.74, 6) is 0.336. The Morgan fingerprint density at radius 3 is 2.92 bits per heavy atom. The molecule has 0 bridgehead atoms. The predicted molar refractivity (Wildman–Crippen MR) is 137 cm³/mol. The number of pyridine rings is 1. The fourth-order valence-electron chi connectivity index (χ4n) is 7.20. The van der Waals surface area contributed by atoms with Crippen molar-refractivity contribution >= 4 is 11.8 Å². The molecule has 6 rings (SSSR count). The Hall–Kier alpha value is -2.48. The zero-order chi connectivity index (χ0) is 24.9. The number of anilines is 1. The molecule has 7 nitrogen and oxygen atoms in total. The standard InChI is InChI=1S/C29H37N3O4/c1-19-10-11-20-12-13-22(31-27(20)30-19)8-4-3-5-14-36-23-15-32(16-23)26(28(33)34)24-9-6-7-21-17-35-18-29(32,2)25(21)24/h6-7,9,12-13,19,23,26H,3-5,8,10-11,14-18H2,1-2H3,(H-,30,31,33,34)/p+1. The van der Waals surface area contributed by atoms with Crippen LogP contribution in [0.2, 0.25) is 0 Å². The summed E-state index contributed by atoms with van der Waals surface area (Å²) in [6.45, 7) is 7.74. The van der Waals surface area contributed by atoms with Gasteiger partial charge in [-0.3, -0.25) is 4.48 Å². The van der Waals surface area contributed by atoms with Crippen molar-refractivity contribution in [2.45, 2.75) is 82.7 Å². The van der Waals surface area contributed by atoms with Crippen molar-refractivity contribution in [2.75, 3.05) is 31.6 Å². The van der Waals surface area contributed by atoms with Crippen molar-refractivity contribution in [3.05, 3.63) is 58.3 Å². The quantitative estimate of drug-likeness (QED) is 0.422. The van der Waals surface area contributed by atoms with Crippen molar-refractivity contribution in [1.82, 2.24) is 4.98 Å². The first-order chi connectivity index (χ1) is 17.4. The van der Waals surface area contributed by atoms with Gasteiger partial charge in [-0.15, -0.1) is 0 Å². The van der Waals surface area contributed by atoms with Crippen LogP contribution in [0.4, 0.5) is 5.82 Å². The maximum Gasteiger partial charge on any atom is 0.367 e. The fourth-order valence-corrected chi connectivity index (χ4v) is 7.20. The molecule has 36 heavy (non-hydrogen) atoms. The number of carboxylic acids is 1. The number of unbranched alkanes of at least 4 members (excludes halogenated alkanes) is 2. The predicted octanol–water partition coefficient (Wildman–Crippen LogP) is 4.34. The first kappa shape index (κ1) is 23.9. The van der Waals surface area contributed by atoms with Gasteiger partial charge in [0, 0.05) is 29.5 Å². The monoisotopic (exact) mass is 492 g/mol. The van der Waals surface area contributed by atoms with Crippen LogP contribution >= 0.6 is 0 Å². The number of ether oxygens (including phenoxy) is 2. The van der Waals surface area contributed by atoms with Gasteiger partial charge in [-0.1, -0.05) is 30.7 Å². The van der Waals surface area contributed by atoms with E-state index in [-0.39, 0.29) is 11.6 Å². The van der Waals surface area contributed by atoms with Gasteiger partial charge < -0.3 is 19.9 Å². The van der Waals surface area contributed by atoms with Crippen molar-refractivity contribution in [1.29, 1.82) is 0 Å². The minimum absolute atomic E-state index is 0.110. The Kier molecular flexibility index (Phi) is 6.05. The van der Waals surface area contributed by atoms with Crippen LogP contribution in [0.5, 0.6) is 0 Å². The summed E-state index contributed by atoms with van der Waals surface area (Å²) >= 11 is 0. The molecule has 5 heterocycles. The van der Waals surface area contributed by atoms with E-state index in [0.29, 0.717) is 23.7 Å². The van der Waals surface area contributed by atoms with Gasteiger partial charge in [-0.25, -0.2) is 9.78 Å². The van der Waals surface area contributed by atoms with Gasteiger partial charge in [0.2, 0.25) is 6.04 Å². The number of fused-ring (bicyclic) bond motifs is 2. The highest BCUT2D eigenvalue weighted by molar-refractivity contribution is 5.77. The summed E-state index contributed by atoms with van der Waals surface area (Å²) in [4.78, 5) is 17.3. The number of aromatic nitrogens is 1. The molecule has 1 saturated heterocycles. The van der Waals surface area contributed by atoms with E-state index < -0.39 is 12.0 Å². The topological polar surface area (TPSA) is 80.7 Å². The number of rotatable bonds is 8. The van der Waals surface area contributed by atoms with E-state index >= 15 is 0 Å². The molecule has 3 unspecified atom stereocenters. The lowest BCUT2D eigenvalue weighted by Gasteiger charge is -2.58. The number of quaternary nitrogens is 1. The summed E-state index contributed by atoms with van der Waals surface area (Å²) in [5.41, 5.74) is 5.51. The Bertz CT molecular complexity index is 1160. The highest BCUT2D eigenvalue weighted by atomic mass is 16.5. The van der Waals surface area contributed by atoms with Crippen LogP contribution < -0.4 is 5.32 Å². The number of carboxylic acid groups (broad SMARTS) is 1. The second-order valence-corrected chi connectivity index (χ2v) is 11.5. The van der Waals surface area contributed by atoms with Gasteiger partial charge in [-0.2, -0.15) is 0 Å². The SMILES string of the molecule is CC1CCc2ccc(CCCCCOC3C[N+]4(C3)C(C(=O)O)c3cccc5c3C4(C)COC5)nc2N1. The molecule has 2 N–H and O–H groups in total. The summed E-state index contributed by atoms with van der Waals surface area (Å²) < 4.78 is 12.7. The summed E-state index contributed by atoms with van der Waals surface area (Å²) in [5, 5.41) is 13.7. The van der Waals surface area contributed by atoms with E-state index in [2.05, 4.69) is 37.4 Å². The van der Waals surface area contributed by atoms with Crippen LogP contribution in [0.1, 0.15) is 73.5 Å². The van der Waals surface area contributed by atoms with Crippen LogP contribution in [0.25, 0.3) is 0 Å². The van der Waals surface area contributed by atoms with E-state index in [1.54, 1.807) is 0 Å². The lowest BCUT2D eigenvalue weighted by Crippen LogP contribution is -2.75. The zero-order valence-electron chi connectivity index (χ0n) is 21.5. The van der Waals surface area contributed by atoms with E-state index in [4.69, 9.17) is 14.5 Å². The Labute approximate surface area is 213 Å². The molecule has 192 valence electrons. The van der Waals surface area contributed by atoms with Gasteiger partial charge in [0.15, 0.2) is 6.10 Å². The molecule has 7 heteroatoms. The number of hydrogen-bond donors (Lipinski definition) is 2. The molecule has 0 aliphatic carbocycles. The molecule has 1 aromatic heterocycles. The third-order valence-electron chi connectivity index (χ3n) is 9.12. The lowest BCUT2D eigenvalue weighted by molar-refractivity contribution is -1.03. The van der Waals surface area contributed by atoms with Gasteiger partial charge in [0.25, 0.3) is 0 Å². The van der Waals surface area contributed by atoms with Gasteiger partial charge in [-0.05, 0) is 63.1 Å². The largest absolute Gasteiger partial charge is 0.477 e. The lowest BCUT2D eigenvalue weighted by atomic mass is 9.83. The van der Waals surface area contributed by atoms with Crippen LogP contribution in [0.15, 0.2) is 30.3 Å². The molecule has 1 fully saturated rings. The molecule has 0 saturated carbocycles. The van der Waals surface area contributed by atoms with E-state index in [0.717, 1.165) is 74.4 Å². The minimum Gasteiger partial charge on any atom is -0.477 e. The number of aryl methyl sites for hydroxylation is 2. The summed E-state index contributed by atoms with van der Waals surface area (Å²) in [6.07, 6.45) is 6.61. The average molecular weight is 493 g/mol. The van der Waals surface area contributed by atoms with E-state index in [1.165, 1.54) is 17.5 Å². The molecule has 2 aromatic rings. The highest BCUT2D eigenvalue weighted by Crippen LogP contribution is 2.58. The Morgan fingerprint density at radius 1 is 1.22 bits per heavy atom. The van der Waals surface area contributed by atoms with Gasteiger partial charge >= 0.3 is 5.97 Å². The van der Waals surface area contributed by atoms with E-state index in [9.17, 15) is 9.90 Å². The third-order valence-corrected chi connectivity index (χ3v) is 9.12. The minimum atomic E-state index is -0.738. The molecular formula is C29H38N3O4+. The van der Waals surface area contributed by atoms with Crippen molar-refractivity contribution in [3.63, 3.8) is 0 Å². The van der Waals surface area contributed by atoms with Crippen LogP contribution in [0, 0.1) is 0 Å². The van der Waals surface area contributed by atoms with E-state index in [1.807, 2.05) is 12.1 Å².